The molecular formula is C22H33Cl3SiTi. The van der Waals surface area contributed by atoms with Gasteiger partial charge in [0.2, 0.25) is 0 Å². The van der Waals surface area contributed by atoms with Crippen molar-refractivity contribution in [3.63, 3.8) is 0 Å². The van der Waals surface area contributed by atoms with Crippen LogP contribution < -0.4 is 42.4 Å². The van der Waals surface area contributed by atoms with Crippen LogP contribution in [0.2, 0.25) is 17.6 Å². The zero-order chi connectivity index (χ0) is 17.4. The summed E-state index contributed by atoms with van der Waals surface area (Å²) in [5.74, 6) is 0. The Labute approximate surface area is 202 Å². The van der Waals surface area contributed by atoms with Crippen molar-refractivity contribution in [1.29, 1.82) is 0 Å². The molecule has 0 aromatic heterocycles. The Balaban J connectivity index is -0.00000144. The Bertz CT molecular complexity index is 664. The first-order valence-electron chi connectivity index (χ1n) is 9.04. The zero-order valence-corrected chi connectivity index (χ0v) is 22.8. The summed E-state index contributed by atoms with van der Waals surface area (Å²) in [5.41, 5.74) is 7.18. The molecule has 0 spiro atoms. The minimum Gasteiger partial charge on any atom is -1.00 e. The van der Waals surface area contributed by atoms with E-state index >= 15 is 0 Å². The minimum absolute atomic E-state index is 0. The van der Waals surface area contributed by atoms with Gasteiger partial charge in [0.25, 0.3) is 0 Å². The van der Waals surface area contributed by atoms with Crippen molar-refractivity contribution in [3.05, 3.63) is 52.1 Å². The van der Waals surface area contributed by atoms with Crippen molar-refractivity contribution in [2.45, 2.75) is 78.9 Å². The molecule has 0 nitrogen and oxygen atoms in total. The Kier molecular flexibility index (Phi) is 14.6. The topological polar surface area (TPSA) is 0 Å². The summed E-state index contributed by atoms with van der Waals surface area (Å²) < 4.78 is 0. The van der Waals surface area contributed by atoms with Gasteiger partial charge in [-0.05, 0) is 13.8 Å². The SMILES string of the molecule is CCCC[Si](C)(c1cc(C)cc(C)c1)C1(C)[C-]=C(C)C(C)=C1C.[Cl-].[Cl-].[Cl-].[Ti+4]. The smallest absolute Gasteiger partial charge is 1.00 e. The number of rotatable bonds is 5. The average Bonchev–Trinajstić information content (AvgIpc) is 2.68. The van der Waals surface area contributed by atoms with Gasteiger partial charge in [0.05, 0.1) is 8.07 Å². The van der Waals surface area contributed by atoms with Gasteiger partial charge in [0, 0.05) is 0 Å². The van der Waals surface area contributed by atoms with Crippen LogP contribution in [0.1, 0.15) is 58.6 Å². The predicted molar refractivity (Wildman–Crippen MR) is 106 cm³/mol. The molecule has 0 heterocycles. The molecule has 2 unspecified atom stereocenters. The van der Waals surface area contributed by atoms with Gasteiger partial charge in [-0.1, -0.05) is 92.7 Å². The number of aryl methyl sites for hydroxylation is 2. The molecule has 0 bridgehead atoms. The van der Waals surface area contributed by atoms with Crippen LogP contribution in [0.15, 0.2) is 34.9 Å². The maximum absolute atomic E-state index is 3.92. The molecule has 2 atom stereocenters. The van der Waals surface area contributed by atoms with E-state index in [-0.39, 0.29) is 64.0 Å². The molecule has 5 heteroatoms. The maximum Gasteiger partial charge on any atom is 4.00 e. The van der Waals surface area contributed by atoms with Crippen molar-refractivity contribution < 1.29 is 58.9 Å². The molecule has 1 aromatic carbocycles. The van der Waals surface area contributed by atoms with E-state index in [1.807, 2.05) is 0 Å². The molecule has 1 aliphatic rings. The summed E-state index contributed by atoms with van der Waals surface area (Å²) in [5, 5.41) is 1.73. The fourth-order valence-electron chi connectivity index (χ4n) is 4.28. The number of unbranched alkanes of at least 4 members (excludes halogenated alkanes) is 1. The number of hydrogen-bond donors (Lipinski definition) is 0. The molecule has 0 fully saturated rings. The van der Waals surface area contributed by atoms with Gasteiger partial charge in [-0.25, -0.2) is 5.57 Å². The monoisotopic (exact) mass is 478 g/mol. The molecule has 150 valence electrons. The minimum atomic E-state index is -1.74. The van der Waals surface area contributed by atoms with Crippen LogP contribution in [0.25, 0.3) is 0 Å². The first-order valence-corrected chi connectivity index (χ1v) is 11.7. The van der Waals surface area contributed by atoms with Gasteiger partial charge in [-0.3, -0.25) is 6.08 Å². The second-order valence-corrected chi connectivity index (χ2v) is 12.7. The number of benzene rings is 1. The number of halogens is 3. The second-order valence-electron chi connectivity index (χ2n) is 7.94. The van der Waals surface area contributed by atoms with E-state index < -0.39 is 8.07 Å². The van der Waals surface area contributed by atoms with E-state index in [0.29, 0.717) is 0 Å². The quantitative estimate of drug-likeness (QED) is 0.318. The molecule has 0 saturated carbocycles. The third-order valence-electron chi connectivity index (χ3n) is 6.31. The van der Waals surface area contributed by atoms with E-state index in [1.165, 1.54) is 41.2 Å². The van der Waals surface area contributed by atoms with Crippen LogP contribution >= 0.6 is 0 Å². The molecule has 1 aromatic rings. The fraction of sp³-hybridized carbons (Fsp3) is 0.545. The van der Waals surface area contributed by atoms with Crippen LogP contribution in [-0.2, 0) is 21.7 Å². The number of hydrogen-bond acceptors (Lipinski definition) is 0. The normalized spacial score (nSPS) is 20.4. The molecule has 0 N–H and O–H groups in total. The van der Waals surface area contributed by atoms with E-state index in [4.69, 9.17) is 0 Å². The van der Waals surface area contributed by atoms with Crippen molar-refractivity contribution in [2.75, 3.05) is 0 Å². The van der Waals surface area contributed by atoms with Crippen molar-refractivity contribution in [3.8, 4) is 0 Å². The van der Waals surface area contributed by atoms with E-state index in [1.54, 1.807) is 10.8 Å². The fourth-order valence-corrected chi connectivity index (χ4v) is 9.27. The largest absolute Gasteiger partial charge is 4.00 e. The molecule has 1 aliphatic carbocycles. The van der Waals surface area contributed by atoms with E-state index in [2.05, 4.69) is 79.3 Å². The first-order chi connectivity index (χ1) is 10.7. The van der Waals surface area contributed by atoms with Crippen molar-refractivity contribution >= 4 is 13.3 Å². The Morgan fingerprint density at radius 3 is 1.78 bits per heavy atom. The van der Waals surface area contributed by atoms with Crippen molar-refractivity contribution in [2.24, 2.45) is 0 Å². The van der Waals surface area contributed by atoms with Crippen LogP contribution in [0.3, 0.4) is 0 Å². The molecule has 27 heavy (non-hydrogen) atoms. The van der Waals surface area contributed by atoms with Gasteiger partial charge in [0.1, 0.15) is 0 Å². The van der Waals surface area contributed by atoms with Crippen LogP contribution in [0.5, 0.6) is 0 Å². The van der Waals surface area contributed by atoms with Crippen LogP contribution in [-0.4, -0.2) is 8.07 Å². The number of allylic oxidation sites excluding steroid dienone is 4. The van der Waals surface area contributed by atoms with E-state index in [9.17, 15) is 0 Å². The standard InChI is InChI=1S/C22H33Si.3ClH.Ti/c1-9-10-11-23(8,21-13-16(2)12-17(3)14-21)22(7)15-18(4)19(5)20(22)6;;;;/h12-14H,9-11H2,1-8H3;3*1H;/q-1;;;;+4/p-3. The van der Waals surface area contributed by atoms with Gasteiger partial charge in [-0.2, -0.15) is 11.1 Å². The van der Waals surface area contributed by atoms with Gasteiger partial charge in [0.15, 0.2) is 0 Å². The van der Waals surface area contributed by atoms with Crippen LogP contribution in [0, 0.1) is 19.9 Å². The molecular weight excluding hydrogens is 447 g/mol. The van der Waals surface area contributed by atoms with Gasteiger partial charge in [-0.15, -0.1) is 6.92 Å². The summed E-state index contributed by atoms with van der Waals surface area (Å²) in [6.07, 6.45) is 6.51. The zero-order valence-electron chi connectivity index (χ0n) is 18.0. The summed E-state index contributed by atoms with van der Waals surface area (Å²) in [4.78, 5) is 0. The third-order valence-corrected chi connectivity index (χ3v) is 11.9. The second kappa shape index (κ2) is 12.3. The third kappa shape index (κ3) is 6.00. The Morgan fingerprint density at radius 2 is 1.41 bits per heavy atom. The molecule has 2 rings (SSSR count). The average molecular weight is 480 g/mol. The Hall–Kier alpha value is 0.501. The first kappa shape index (κ1) is 32.2. The predicted octanol–water partition coefficient (Wildman–Crippen LogP) is -2.74. The molecule has 0 saturated heterocycles. The molecule has 0 aliphatic heterocycles. The summed E-state index contributed by atoms with van der Waals surface area (Å²) in [6, 6.07) is 8.55. The Morgan fingerprint density at radius 1 is 0.926 bits per heavy atom. The van der Waals surface area contributed by atoms with Gasteiger partial charge < -0.3 is 37.2 Å². The summed E-state index contributed by atoms with van der Waals surface area (Å²) >= 11 is 0. The molecule has 0 amide bonds. The summed E-state index contributed by atoms with van der Waals surface area (Å²) in [7, 11) is -1.74. The molecule has 0 radical (unpaired) electrons. The summed E-state index contributed by atoms with van der Waals surface area (Å²) in [6.45, 7) is 18.7. The maximum atomic E-state index is 3.92. The van der Waals surface area contributed by atoms with Crippen molar-refractivity contribution in [1.82, 2.24) is 0 Å². The van der Waals surface area contributed by atoms with E-state index in [0.717, 1.165) is 0 Å². The van der Waals surface area contributed by atoms with Crippen LogP contribution in [0.4, 0.5) is 0 Å². The van der Waals surface area contributed by atoms with Gasteiger partial charge >= 0.3 is 21.7 Å².